The van der Waals surface area contributed by atoms with E-state index >= 15 is 0 Å². The van der Waals surface area contributed by atoms with Gasteiger partial charge in [0.2, 0.25) is 0 Å². The van der Waals surface area contributed by atoms with E-state index in [9.17, 15) is 14.9 Å². The molecule has 0 fully saturated rings. The summed E-state index contributed by atoms with van der Waals surface area (Å²) >= 11 is 0. The number of fused-ring (bicyclic) bond motifs is 1. The summed E-state index contributed by atoms with van der Waals surface area (Å²) in [4.78, 5) is 29.5. The molecule has 0 radical (unpaired) electrons. The van der Waals surface area contributed by atoms with Crippen molar-refractivity contribution in [3.8, 4) is 5.69 Å². The van der Waals surface area contributed by atoms with E-state index in [0.29, 0.717) is 0 Å². The molecule has 0 saturated heterocycles. The van der Waals surface area contributed by atoms with E-state index in [-0.39, 0.29) is 28.9 Å². The number of hydrogen-bond acceptors (Lipinski definition) is 5. The Morgan fingerprint density at radius 1 is 1.23 bits per heavy atom. The number of carbonyl (C=O) groups excluding carboxylic acids is 1. The van der Waals surface area contributed by atoms with Crippen LogP contribution in [0.2, 0.25) is 0 Å². The molecule has 8 nitrogen and oxygen atoms in total. The van der Waals surface area contributed by atoms with Crippen molar-refractivity contribution in [2.24, 2.45) is 0 Å². The molecule has 1 aromatic heterocycles. The van der Waals surface area contributed by atoms with Crippen LogP contribution in [0.5, 0.6) is 0 Å². The lowest BCUT2D eigenvalue weighted by Crippen LogP contribution is -2.35. The molecule has 0 bridgehead atoms. The van der Waals surface area contributed by atoms with E-state index in [2.05, 4.69) is 10.1 Å². The minimum Gasteiger partial charge on any atom is -0.305 e. The lowest BCUT2D eigenvalue weighted by atomic mass is 10.1. The van der Waals surface area contributed by atoms with Crippen LogP contribution >= 0.6 is 0 Å². The van der Waals surface area contributed by atoms with Crippen LogP contribution in [0, 0.1) is 10.1 Å². The number of aromatic nitrogens is 3. The number of benzene rings is 2. The van der Waals surface area contributed by atoms with Gasteiger partial charge >= 0.3 is 0 Å². The first-order valence-electron chi connectivity index (χ1n) is 8.11. The third-order valence-corrected chi connectivity index (χ3v) is 4.51. The van der Waals surface area contributed by atoms with Gasteiger partial charge in [0, 0.05) is 23.4 Å². The van der Waals surface area contributed by atoms with Crippen molar-refractivity contribution in [2.75, 3.05) is 4.90 Å². The number of nitro benzene ring substituents is 1. The molecule has 8 heteroatoms. The summed E-state index contributed by atoms with van der Waals surface area (Å²) in [6, 6.07) is 12.1. The van der Waals surface area contributed by atoms with Gasteiger partial charge in [-0.15, -0.1) is 0 Å². The predicted octanol–water partition coefficient (Wildman–Crippen LogP) is 2.77. The highest BCUT2D eigenvalue weighted by Gasteiger charge is 2.32. The van der Waals surface area contributed by atoms with Crippen LogP contribution in [0.15, 0.2) is 55.1 Å². The summed E-state index contributed by atoms with van der Waals surface area (Å²) in [6.45, 7) is 1.97. The van der Waals surface area contributed by atoms with Gasteiger partial charge in [-0.2, -0.15) is 5.10 Å². The molecule has 1 aliphatic heterocycles. The molecule has 1 amide bonds. The van der Waals surface area contributed by atoms with E-state index in [1.54, 1.807) is 11.0 Å². The van der Waals surface area contributed by atoms with Gasteiger partial charge in [0.1, 0.15) is 18.3 Å². The summed E-state index contributed by atoms with van der Waals surface area (Å²) < 4.78 is 1.31. The first-order valence-corrected chi connectivity index (χ1v) is 8.11. The Morgan fingerprint density at radius 3 is 2.77 bits per heavy atom. The Kier molecular flexibility index (Phi) is 3.72. The average Bonchev–Trinajstić information content (AvgIpc) is 3.27. The standard InChI is InChI=1S/C18H15N5O3/c1-12-8-13-4-2-3-5-15(13)22(12)18(24)14-6-7-16(17(9-14)23(25)26)21-11-19-10-20-21/h2-7,9-12H,8H2,1H3. The predicted molar refractivity (Wildman–Crippen MR) is 94.4 cm³/mol. The van der Waals surface area contributed by atoms with Crippen LogP contribution in [0.1, 0.15) is 22.8 Å². The van der Waals surface area contributed by atoms with E-state index in [1.807, 2.05) is 31.2 Å². The van der Waals surface area contributed by atoms with Crippen molar-refractivity contribution >= 4 is 17.3 Å². The molecular formula is C18H15N5O3. The van der Waals surface area contributed by atoms with Crippen LogP contribution in [0.3, 0.4) is 0 Å². The Balaban J connectivity index is 1.76. The summed E-state index contributed by atoms with van der Waals surface area (Å²) in [5.74, 6) is -0.254. The van der Waals surface area contributed by atoms with E-state index in [4.69, 9.17) is 0 Å². The summed E-state index contributed by atoms with van der Waals surface area (Å²) in [6.07, 6.45) is 3.44. The fourth-order valence-electron chi connectivity index (χ4n) is 3.34. The summed E-state index contributed by atoms with van der Waals surface area (Å²) in [5, 5.41) is 15.4. The Labute approximate surface area is 148 Å². The maximum atomic E-state index is 13.1. The highest BCUT2D eigenvalue weighted by molar-refractivity contribution is 6.08. The zero-order chi connectivity index (χ0) is 18.3. The molecule has 1 atom stereocenters. The molecule has 0 aliphatic carbocycles. The number of hydrogen-bond donors (Lipinski definition) is 0. The minimum absolute atomic E-state index is 0.00560. The van der Waals surface area contributed by atoms with Crippen molar-refractivity contribution in [3.63, 3.8) is 0 Å². The second kappa shape index (κ2) is 6.07. The van der Waals surface area contributed by atoms with Gasteiger partial charge < -0.3 is 4.90 Å². The second-order valence-corrected chi connectivity index (χ2v) is 6.16. The third-order valence-electron chi connectivity index (χ3n) is 4.51. The molecule has 2 aromatic carbocycles. The Hall–Kier alpha value is -3.55. The molecule has 26 heavy (non-hydrogen) atoms. The van der Waals surface area contributed by atoms with Crippen molar-refractivity contribution in [2.45, 2.75) is 19.4 Å². The minimum atomic E-state index is -0.519. The highest BCUT2D eigenvalue weighted by atomic mass is 16.6. The molecule has 1 unspecified atom stereocenters. The van der Waals surface area contributed by atoms with Crippen molar-refractivity contribution in [1.82, 2.24) is 14.8 Å². The van der Waals surface area contributed by atoms with Crippen LogP contribution in [0.4, 0.5) is 11.4 Å². The largest absolute Gasteiger partial charge is 0.305 e. The molecule has 0 saturated carbocycles. The molecule has 4 rings (SSSR count). The van der Waals surface area contributed by atoms with Crippen molar-refractivity contribution in [3.05, 3.63) is 76.4 Å². The van der Waals surface area contributed by atoms with Gasteiger partial charge in [-0.3, -0.25) is 14.9 Å². The number of nitro groups is 1. The fraction of sp³-hybridized carbons (Fsp3) is 0.167. The van der Waals surface area contributed by atoms with Gasteiger partial charge in [-0.25, -0.2) is 9.67 Å². The number of anilines is 1. The van der Waals surface area contributed by atoms with Gasteiger partial charge in [0.25, 0.3) is 11.6 Å². The van der Waals surface area contributed by atoms with Crippen LogP contribution in [0.25, 0.3) is 5.69 Å². The van der Waals surface area contributed by atoms with Gasteiger partial charge in [0.15, 0.2) is 0 Å². The monoisotopic (exact) mass is 349 g/mol. The van der Waals surface area contributed by atoms with E-state index in [0.717, 1.165) is 17.7 Å². The maximum absolute atomic E-state index is 13.1. The molecule has 3 aromatic rings. The smallest absolute Gasteiger partial charge is 0.295 e. The SMILES string of the molecule is CC1Cc2ccccc2N1C(=O)c1ccc(-n2cncn2)c([N+](=O)[O-])c1. The zero-order valence-electron chi connectivity index (χ0n) is 13.9. The van der Waals surface area contributed by atoms with E-state index < -0.39 is 4.92 Å². The quantitative estimate of drug-likeness (QED) is 0.535. The highest BCUT2D eigenvalue weighted by Crippen LogP contribution is 2.34. The number of amides is 1. The van der Waals surface area contributed by atoms with Gasteiger partial charge in [0.05, 0.1) is 4.92 Å². The molecule has 0 spiro atoms. The normalized spacial score (nSPS) is 15.7. The zero-order valence-corrected chi connectivity index (χ0v) is 13.9. The fourth-order valence-corrected chi connectivity index (χ4v) is 3.34. The molecule has 1 aliphatic rings. The van der Waals surface area contributed by atoms with Gasteiger partial charge in [-0.1, -0.05) is 18.2 Å². The topological polar surface area (TPSA) is 94.2 Å². The number of carbonyl (C=O) groups is 1. The Bertz CT molecular complexity index is 1000. The molecule has 2 heterocycles. The van der Waals surface area contributed by atoms with Crippen LogP contribution < -0.4 is 4.90 Å². The summed E-state index contributed by atoms with van der Waals surface area (Å²) in [5.41, 5.74) is 2.29. The van der Waals surface area contributed by atoms with Crippen molar-refractivity contribution in [1.29, 1.82) is 0 Å². The Morgan fingerprint density at radius 2 is 2.04 bits per heavy atom. The molecule has 0 N–H and O–H groups in total. The van der Waals surface area contributed by atoms with Crippen LogP contribution in [-0.2, 0) is 6.42 Å². The number of para-hydroxylation sites is 1. The average molecular weight is 349 g/mol. The van der Waals surface area contributed by atoms with Crippen molar-refractivity contribution < 1.29 is 9.72 Å². The lowest BCUT2D eigenvalue weighted by molar-refractivity contribution is -0.384. The number of rotatable bonds is 3. The molecule has 130 valence electrons. The second-order valence-electron chi connectivity index (χ2n) is 6.16. The lowest BCUT2D eigenvalue weighted by Gasteiger charge is -2.22. The number of nitrogens with zero attached hydrogens (tertiary/aromatic N) is 5. The molecular weight excluding hydrogens is 334 g/mol. The first-order chi connectivity index (χ1) is 12.6. The van der Waals surface area contributed by atoms with E-state index in [1.165, 1.54) is 29.5 Å². The first kappa shape index (κ1) is 15.9. The summed E-state index contributed by atoms with van der Waals surface area (Å²) in [7, 11) is 0. The van der Waals surface area contributed by atoms with Gasteiger partial charge in [-0.05, 0) is 37.1 Å². The van der Waals surface area contributed by atoms with Crippen LogP contribution in [-0.4, -0.2) is 31.6 Å². The third kappa shape index (κ3) is 2.52. The maximum Gasteiger partial charge on any atom is 0.295 e.